The van der Waals surface area contributed by atoms with Crippen LogP contribution in [0.1, 0.15) is 49.0 Å². The number of unbranched alkanes of at least 4 members (excludes halogenated alkanes) is 3. The predicted octanol–water partition coefficient (Wildman–Crippen LogP) is 9.01. The molecule has 0 spiro atoms. The first-order chi connectivity index (χ1) is 18.2. The molecule has 7 heteroatoms. The van der Waals surface area contributed by atoms with Crippen LogP contribution in [0, 0.1) is 0 Å². The van der Waals surface area contributed by atoms with Crippen molar-refractivity contribution in [2.24, 2.45) is 0 Å². The molecule has 5 aromatic rings. The third kappa shape index (κ3) is 6.66. The van der Waals surface area contributed by atoms with E-state index in [-0.39, 0.29) is 5.91 Å². The van der Waals surface area contributed by atoms with E-state index in [1.54, 1.807) is 11.3 Å². The molecule has 0 saturated heterocycles. The van der Waals surface area contributed by atoms with Crippen LogP contribution in [0.25, 0.3) is 21.5 Å². The SMILES string of the molecule is CCCCCCc1ccc(-c2csc(NC(=O)C(Sc3nc4ccccc4s3)c3ccccc3)n2)cc1. The number of hydrogen-bond donors (Lipinski definition) is 1. The number of para-hydroxylation sites is 1. The van der Waals surface area contributed by atoms with Crippen molar-refractivity contribution >= 4 is 55.7 Å². The maximum Gasteiger partial charge on any atom is 0.244 e. The highest BCUT2D eigenvalue weighted by Crippen LogP contribution is 2.40. The Morgan fingerprint density at radius 2 is 1.70 bits per heavy atom. The molecule has 3 aromatic carbocycles. The van der Waals surface area contributed by atoms with Crippen molar-refractivity contribution in [2.45, 2.75) is 48.6 Å². The Balaban J connectivity index is 1.28. The molecular formula is C30H29N3OS3. The zero-order valence-electron chi connectivity index (χ0n) is 20.7. The third-order valence-corrected chi connectivity index (χ3v) is 9.28. The van der Waals surface area contributed by atoms with Crippen LogP contribution in [0.4, 0.5) is 5.13 Å². The number of thiazole rings is 2. The van der Waals surface area contributed by atoms with Gasteiger partial charge in [0.25, 0.3) is 0 Å². The van der Waals surface area contributed by atoms with E-state index in [2.05, 4.69) is 42.6 Å². The lowest BCUT2D eigenvalue weighted by atomic mass is 10.0. The molecule has 0 aliphatic carbocycles. The lowest BCUT2D eigenvalue weighted by Gasteiger charge is -2.14. The minimum absolute atomic E-state index is 0.0983. The zero-order valence-corrected chi connectivity index (χ0v) is 23.2. The molecule has 4 nitrogen and oxygen atoms in total. The molecule has 0 aliphatic heterocycles. The van der Waals surface area contributed by atoms with Gasteiger partial charge in [0.2, 0.25) is 5.91 Å². The maximum atomic E-state index is 13.5. The first-order valence-corrected chi connectivity index (χ1v) is 15.2. The van der Waals surface area contributed by atoms with Gasteiger partial charge in [0.1, 0.15) is 5.25 Å². The largest absolute Gasteiger partial charge is 0.301 e. The standard InChI is InChI=1S/C30H29N3OS3/c1-2-3-4-6-11-21-16-18-22(19-17-21)25-20-35-29(31-25)33-28(34)27(23-12-7-5-8-13-23)37-30-32-24-14-9-10-15-26(24)36-30/h5,7-10,12-20,27H,2-4,6,11H2,1H3,(H,31,33,34). The predicted molar refractivity (Wildman–Crippen MR) is 159 cm³/mol. The molecule has 2 aromatic heterocycles. The van der Waals surface area contributed by atoms with E-state index >= 15 is 0 Å². The fraction of sp³-hybridized carbons (Fsp3) is 0.233. The quantitative estimate of drug-likeness (QED) is 0.133. The fourth-order valence-electron chi connectivity index (χ4n) is 4.14. The van der Waals surface area contributed by atoms with E-state index in [9.17, 15) is 4.79 Å². The smallest absolute Gasteiger partial charge is 0.244 e. The monoisotopic (exact) mass is 543 g/mol. The van der Waals surface area contributed by atoms with Gasteiger partial charge in [-0.25, -0.2) is 9.97 Å². The number of carbonyl (C=O) groups excluding carboxylic acids is 1. The molecule has 5 rings (SSSR count). The van der Waals surface area contributed by atoms with Gasteiger partial charge in [-0.1, -0.05) is 105 Å². The number of nitrogens with zero attached hydrogens (tertiary/aromatic N) is 2. The van der Waals surface area contributed by atoms with Crippen molar-refractivity contribution in [2.75, 3.05) is 5.32 Å². The second-order valence-corrected chi connectivity index (χ2v) is 12.1. The molecule has 2 heterocycles. The van der Waals surface area contributed by atoms with Crippen molar-refractivity contribution in [3.63, 3.8) is 0 Å². The van der Waals surface area contributed by atoms with Gasteiger partial charge >= 0.3 is 0 Å². The van der Waals surface area contributed by atoms with Crippen molar-refractivity contribution in [1.29, 1.82) is 0 Å². The summed E-state index contributed by atoms with van der Waals surface area (Å²) in [5.41, 5.74) is 5.21. The van der Waals surface area contributed by atoms with E-state index in [0.717, 1.165) is 37.8 Å². The van der Waals surface area contributed by atoms with Gasteiger partial charge in [0, 0.05) is 10.9 Å². The van der Waals surface area contributed by atoms with Crippen molar-refractivity contribution in [1.82, 2.24) is 9.97 Å². The van der Waals surface area contributed by atoms with Gasteiger partial charge in [-0.05, 0) is 36.1 Å². The molecule has 1 atom stereocenters. The normalized spacial score (nSPS) is 12.0. The van der Waals surface area contributed by atoms with Crippen LogP contribution in [0.2, 0.25) is 0 Å². The first kappa shape index (κ1) is 25.6. The van der Waals surface area contributed by atoms with Crippen LogP contribution in [-0.4, -0.2) is 15.9 Å². The summed E-state index contributed by atoms with van der Waals surface area (Å²) >= 11 is 4.55. The summed E-state index contributed by atoms with van der Waals surface area (Å²) in [6.45, 7) is 2.24. The van der Waals surface area contributed by atoms with Crippen LogP contribution in [-0.2, 0) is 11.2 Å². The second-order valence-electron chi connectivity index (χ2n) is 8.89. The minimum Gasteiger partial charge on any atom is -0.301 e. The highest BCUT2D eigenvalue weighted by atomic mass is 32.2. The summed E-state index contributed by atoms with van der Waals surface area (Å²) in [7, 11) is 0. The molecule has 1 unspecified atom stereocenters. The summed E-state index contributed by atoms with van der Waals surface area (Å²) in [6, 6.07) is 26.6. The van der Waals surface area contributed by atoms with Crippen LogP contribution < -0.4 is 5.32 Å². The summed E-state index contributed by atoms with van der Waals surface area (Å²) in [4.78, 5) is 22.9. The zero-order chi connectivity index (χ0) is 25.5. The highest BCUT2D eigenvalue weighted by molar-refractivity contribution is 8.02. The Morgan fingerprint density at radius 1 is 0.919 bits per heavy atom. The van der Waals surface area contributed by atoms with Gasteiger partial charge in [0.15, 0.2) is 9.47 Å². The summed E-state index contributed by atoms with van der Waals surface area (Å²) in [5.74, 6) is -0.0983. The van der Waals surface area contributed by atoms with Gasteiger partial charge in [-0.2, -0.15) is 0 Å². The van der Waals surface area contributed by atoms with E-state index in [1.807, 2.05) is 53.9 Å². The van der Waals surface area contributed by atoms with Crippen molar-refractivity contribution in [3.05, 3.63) is 95.4 Å². The number of fused-ring (bicyclic) bond motifs is 1. The summed E-state index contributed by atoms with van der Waals surface area (Å²) in [5, 5.41) is 5.24. The average Bonchev–Trinajstić information content (AvgIpc) is 3.57. The molecule has 0 fully saturated rings. The van der Waals surface area contributed by atoms with E-state index in [1.165, 1.54) is 54.3 Å². The van der Waals surface area contributed by atoms with E-state index in [4.69, 9.17) is 9.97 Å². The number of rotatable bonds is 11. The van der Waals surface area contributed by atoms with Crippen molar-refractivity contribution < 1.29 is 4.79 Å². The highest BCUT2D eigenvalue weighted by Gasteiger charge is 2.25. The Bertz CT molecular complexity index is 1410. The Hall–Kier alpha value is -3.00. The first-order valence-electron chi connectivity index (χ1n) is 12.6. The van der Waals surface area contributed by atoms with Crippen LogP contribution in [0.15, 0.2) is 88.6 Å². The number of thioether (sulfide) groups is 1. The molecule has 37 heavy (non-hydrogen) atoms. The number of benzene rings is 3. The van der Waals surface area contributed by atoms with E-state index in [0.29, 0.717) is 5.13 Å². The number of aryl methyl sites for hydroxylation is 1. The summed E-state index contributed by atoms with van der Waals surface area (Å²) in [6.07, 6.45) is 6.20. The number of hydrogen-bond acceptors (Lipinski definition) is 6. The molecule has 0 bridgehead atoms. The molecule has 1 N–H and O–H groups in total. The topological polar surface area (TPSA) is 54.9 Å². The molecule has 1 amide bonds. The molecule has 188 valence electrons. The number of anilines is 1. The Morgan fingerprint density at radius 3 is 2.49 bits per heavy atom. The third-order valence-electron chi connectivity index (χ3n) is 6.14. The number of nitrogens with one attached hydrogen (secondary N) is 1. The number of carbonyl (C=O) groups is 1. The molecular weight excluding hydrogens is 515 g/mol. The molecule has 0 saturated carbocycles. The second kappa shape index (κ2) is 12.5. The minimum atomic E-state index is -0.430. The van der Waals surface area contributed by atoms with Gasteiger partial charge in [0.05, 0.1) is 15.9 Å². The van der Waals surface area contributed by atoms with Crippen LogP contribution in [0.5, 0.6) is 0 Å². The number of amides is 1. The van der Waals surface area contributed by atoms with Gasteiger partial charge in [-0.3, -0.25) is 4.79 Å². The Labute approximate surface area is 230 Å². The van der Waals surface area contributed by atoms with E-state index < -0.39 is 5.25 Å². The number of aromatic nitrogens is 2. The van der Waals surface area contributed by atoms with Crippen LogP contribution >= 0.6 is 34.4 Å². The Kier molecular flexibility index (Phi) is 8.66. The van der Waals surface area contributed by atoms with Crippen LogP contribution in [0.3, 0.4) is 0 Å². The summed E-state index contributed by atoms with van der Waals surface area (Å²) < 4.78 is 1.99. The molecule has 0 aliphatic rings. The lowest BCUT2D eigenvalue weighted by Crippen LogP contribution is -2.18. The molecule has 0 radical (unpaired) electrons. The van der Waals surface area contributed by atoms with Gasteiger partial charge in [-0.15, -0.1) is 22.7 Å². The van der Waals surface area contributed by atoms with Crippen molar-refractivity contribution in [3.8, 4) is 11.3 Å². The fourth-order valence-corrected chi connectivity index (χ4v) is 7.12. The lowest BCUT2D eigenvalue weighted by molar-refractivity contribution is -0.115. The van der Waals surface area contributed by atoms with Gasteiger partial charge < -0.3 is 5.32 Å². The average molecular weight is 544 g/mol. The maximum absolute atomic E-state index is 13.5.